The number of benzene rings is 3. The molecule has 7 heteroatoms. The number of hydrogen-bond donors (Lipinski definition) is 1. The molecule has 0 saturated carbocycles. The van der Waals surface area contributed by atoms with E-state index < -0.39 is 0 Å². The van der Waals surface area contributed by atoms with Gasteiger partial charge in [0.1, 0.15) is 11.6 Å². The molecule has 0 fully saturated rings. The first-order valence-corrected chi connectivity index (χ1v) is 11.2. The maximum Gasteiger partial charge on any atom is 0.257 e. The number of amides is 1. The zero-order valence-corrected chi connectivity index (χ0v) is 18.9. The molecule has 3 aromatic carbocycles. The molecule has 1 heterocycles. The predicted molar refractivity (Wildman–Crippen MR) is 129 cm³/mol. The number of carbonyl (C=O) groups is 1. The minimum absolute atomic E-state index is 0.0351. The Morgan fingerprint density at radius 2 is 1.72 bits per heavy atom. The van der Waals surface area contributed by atoms with Crippen LogP contribution < -0.4 is 10.1 Å². The fraction of sp³-hybridized carbons (Fsp3) is 0.200. The number of fused-ring (bicyclic) bond motifs is 1. The van der Waals surface area contributed by atoms with Crippen LogP contribution in [0.2, 0.25) is 10.0 Å². The number of rotatable bonds is 9. The van der Waals surface area contributed by atoms with Crippen molar-refractivity contribution in [3.8, 4) is 5.75 Å². The van der Waals surface area contributed by atoms with Gasteiger partial charge in [0.25, 0.3) is 5.91 Å². The van der Waals surface area contributed by atoms with E-state index in [9.17, 15) is 4.79 Å². The first kappa shape index (κ1) is 22.2. The van der Waals surface area contributed by atoms with Crippen LogP contribution in [0.1, 0.15) is 17.8 Å². The number of aryl methyl sites for hydroxylation is 1. The second kappa shape index (κ2) is 10.5. The topological polar surface area (TPSA) is 56.1 Å². The van der Waals surface area contributed by atoms with E-state index in [1.807, 2.05) is 42.5 Å². The number of imidazole rings is 1. The lowest BCUT2D eigenvalue weighted by molar-refractivity contribution is -0.123. The SMILES string of the molecule is O=C(COc1ccc(Cl)cc1)NCCCc1nc2ccccc2n1Cc1ccccc1Cl. The number of carbonyl (C=O) groups excluding carboxylic acids is 1. The quantitative estimate of drug-likeness (QED) is 0.329. The maximum atomic E-state index is 12.1. The van der Waals surface area contributed by atoms with Crippen molar-refractivity contribution in [2.24, 2.45) is 0 Å². The van der Waals surface area contributed by atoms with Crippen molar-refractivity contribution in [3.63, 3.8) is 0 Å². The largest absolute Gasteiger partial charge is 0.484 e. The summed E-state index contributed by atoms with van der Waals surface area (Å²) in [7, 11) is 0. The van der Waals surface area contributed by atoms with E-state index in [4.69, 9.17) is 32.9 Å². The molecule has 0 aliphatic carbocycles. The summed E-state index contributed by atoms with van der Waals surface area (Å²) in [5.41, 5.74) is 3.07. The van der Waals surface area contributed by atoms with Crippen LogP contribution >= 0.6 is 23.2 Å². The summed E-state index contributed by atoms with van der Waals surface area (Å²) in [6.07, 6.45) is 1.50. The number of halogens is 2. The second-order valence-electron chi connectivity index (χ2n) is 7.39. The molecule has 4 aromatic rings. The van der Waals surface area contributed by atoms with E-state index in [1.54, 1.807) is 24.3 Å². The summed E-state index contributed by atoms with van der Waals surface area (Å²) < 4.78 is 7.67. The summed E-state index contributed by atoms with van der Waals surface area (Å²) in [6.45, 7) is 1.15. The van der Waals surface area contributed by atoms with Gasteiger partial charge in [0, 0.05) is 23.0 Å². The lowest BCUT2D eigenvalue weighted by Gasteiger charge is -2.11. The Labute approximate surface area is 196 Å². The first-order chi connectivity index (χ1) is 15.6. The second-order valence-corrected chi connectivity index (χ2v) is 8.23. The summed E-state index contributed by atoms with van der Waals surface area (Å²) >= 11 is 12.2. The van der Waals surface area contributed by atoms with Crippen molar-refractivity contribution < 1.29 is 9.53 Å². The highest BCUT2D eigenvalue weighted by Crippen LogP contribution is 2.22. The Bertz CT molecular complexity index is 1210. The van der Waals surface area contributed by atoms with Crippen LogP contribution in [-0.2, 0) is 17.8 Å². The zero-order valence-electron chi connectivity index (χ0n) is 17.4. The van der Waals surface area contributed by atoms with E-state index >= 15 is 0 Å². The molecule has 0 unspecified atom stereocenters. The van der Waals surface area contributed by atoms with Crippen LogP contribution in [0.4, 0.5) is 0 Å². The summed E-state index contributed by atoms with van der Waals surface area (Å²) in [6, 6.07) is 22.8. The van der Waals surface area contributed by atoms with E-state index in [1.165, 1.54) is 0 Å². The van der Waals surface area contributed by atoms with Crippen molar-refractivity contribution in [2.75, 3.05) is 13.2 Å². The molecule has 0 atom stereocenters. The molecule has 0 bridgehead atoms. The van der Waals surface area contributed by atoms with Gasteiger partial charge in [-0.2, -0.15) is 0 Å². The monoisotopic (exact) mass is 467 g/mol. The minimum Gasteiger partial charge on any atom is -0.484 e. The van der Waals surface area contributed by atoms with Gasteiger partial charge in [-0.3, -0.25) is 4.79 Å². The van der Waals surface area contributed by atoms with Crippen LogP contribution in [0.5, 0.6) is 5.75 Å². The number of hydrogen-bond acceptors (Lipinski definition) is 3. The standard InChI is InChI=1S/C25H23Cl2N3O2/c26-19-11-13-20(14-12-19)32-17-25(31)28-15-5-10-24-29-22-8-3-4-9-23(22)30(24)16-18-6-1-2-7-21(18)27/h1-4,6-9,11-14H,5,10,15-17H2,(H,28,31). The normalized spacial score (nSPS) is 10.9. The van der Waals surface area contributed by atoms with E-state index in [-0.39, 0.29) is 12.5 Å². The van der Waals surface area contributed by atoms with E-state index in [2.05, 4.69) is 16.0 Å². The fourth-order valence-corrected chi connectivity index (χ4v) is 3.82. The molecule has 1 aromatic heterocycles. The first-order valence-electron chi connectivity index (χ1n) is 10.4. The van der Waals surface area contributed by atoms with Crippen molar-refractivity contribution in [1.29, 1.82) is 0 Å². The Morgan fingerprint density at radius 1 is 0.969 bits per heavy atom. The van der Waals surface area contributed by atoms with Gasteiger partial charge in [-0.25, -0.2) is 4.98 Å². The fourth-order valence-electron chi connectivity index (χ4n) is 3.49. The van der Waals surface area contributed by atoms with Crippen LogP contribution in [0.25, 0.3) is 11.0 Å². The Kier molecular flexibility index (Phi) is 7.30. The molecule has 1 N–H and O–H groups in total. The van der Waals surface area contributed by atoms with Crippen molar-refractivity contribution >= 4 is 40.1 Å². The number of nitrogens with zero attached hydrogens (tertiary/aromatic N) is 2. The average Bonchev–Trinajstić information content (AvgIpc) is 3.15. The third kappa shape index (κ3) is 5.61. The summed E-state index contributed by atoms with van der Waals surface area (Å²) in [4.78, 5) is 16.9. The number of nitrogens with one attached hydrogen (secondary N) is 1. The number of aromatic nitrogens is 2. The molecule has 0 radical (unpaired) electrons. The van der Waals surface area contributed by atoms with Crippen LogP contribution in [-0.4, -0.2) is 28.6 Å². The highest BCUT2D eigenvalue weighted by Gasteiger charge is 2.12. The summed E-state index contributed by atoms with van der Waals surface area (Å²) in [5, 5.41) is 4.27. The van der Waals surface area contributed by atoms with Gasteiger partial charge in [0.15, 0.2) is 6.61 Å². The van der Waals surface area contributed by atoms with E-state index in [0.717, 1.165) is 40.3 Å². The van der Waals surface area contributed by atoms with Crippen LogP contribution in [0.15, 0.2) is 72.8 Å². The molecule has 164 valence electrons. The van der Waals surface area contributed by atoms with Crippen LogP contribution in [0.3, 0.4) is 0 Å². The average molecular weight is 468 g/mol. The lowest BCUT2D eigenvalue weighted by atomic mass is 10.2. The zero-order chi connectivity index (χ0) is 22.3. The summed E-state index contributed by atoms with van der Waals surface area (Å²) in [5.74, 6) is 1.42. The van der Waals surface area contributed by atoms with Gasteiger partial charge in [0.2, 0.25) is 0 Å². The van der Waals surface area contributed by atoms with Crippen molar-refractivity contribution in [3.05, 3.63) is 94.2 Å². The molecule has 5 nitrogen and oxygen atoms in total. The molecule has 0 aliphatic rings. The van der Waals surface area contributed by atoms with Gasteiger partial charge in [-0.1, -0.05) is 53.5 Å². The molecule has 32 heavy (non-hydrogen) atoms. The maximum absolute atomic E-state index is 12.1. The molecule has 0 aliphatic heterocycles. The highest BCUT2D eigenvalue weighted by molar-refractivity contribution is 6.31. The van der Waals surface area contributed by atoms with Gasteiger partial charge in [0.05, 0.1) is 17.6 Å². The van der Waals surface area contributed by atoms with Crippen LogP contribution in [0, 0.1) is 0 Å². The minimum atomic E-state index is -0.162. The molecule has 0 spiro atoms. The molecular formula is C25H23Cl2N3O2. The smallest absolute Gasteiger partial charge is 0.257 e. The predicted octanol–water partition coefficient (Wildman–Crippen LogP) is 5.52. The van der Waals surface area contributed by atoms with Gasteiger partial charge in [-0.15, -0.1) is 0 Å². The lowest BCUT2D eigenvalue weighted by Crippen LogP contribution is -2.30. The van der Waals surface area contributed by atoms with Gasteiger partial charge < -0.3 is 14.6 Å². The third-order valence-corrected chi connectivity index (χ3v) is 5.72. The molecule has 4 rings (SSSR count). The van der Waals surface area contributed by atoms with Crippen molar-refractivity contribution in [1.82, 2.24) is 14.9 Å². The Hall–Kier alpha value is -3.02. The Morgan fingerprint density at radius 3 is 2.53 bits per heavy atom. The molecule has 1 amide bonds. The third-order valence-electron chi connectivity index (χ3n) is 5.10. The van der Waals surface area contributed by atoms with Gasteiger partial charge in [-0.05, 0) is 54.4 Å². The number of para-hydroxylation sites is 2. The highest BCUT2D eigenvalue weighted by atomic mass is 35.5. The van der Waals surface area contributed by atoms with E-state index in [0.29, 0.717) is 23.9 Å². The number of ether oxygens (including phenoxy) is 1. The van der Waals surface area contributed by atoms with Gasteiger partial charge >= 0.3 is 0 Å². The Balaban J connectivity index is 1.34. The molecule has 0 saturated heterocycles. The molecular weight excluding hydrogens is 445 g/mol. The van der Waals surface area contributed by atoms with Crippen molar-refractivity contribution in [2.45, 2.75) is 19.4 Å².